The molecule has 13 aromatic rings. The van der Waals surface area contributed by atoms with E-state index >= 15 is 0 Å². The van der Waals surface area contributed by atoms with Crippen LogP contribution >= 0.6 is 0 Å². The Kier molecular flexibility index (Phi) is 8.14. The number of aromatic nitrogens is 7. The van der Waals surface area contributed by atoms with Gasteiger partial charge in [0.25, 0.3) is 0 Å². The topological polar surface area (TPSA) is 58.4 Å². The lowest BCUT2D eigenvalue weighted by molar-refractivity contribution is 0.894. The van der Waals surface area contributed by atoms with Gasteiger partial charge in [-0.15, -0.1) is 0 Å². The maximum absolute atomic E-state index is 5.64. The fraction of sp³-hybridized carbons (Fsp3) is 0.0172. The zero-order valence-electron chi connectivity index (χ0n) is 35.5. The lowest BCUT2D eigenvalue weighted by atomic mass is 10.1. The number of hydrogen-bond acceptors (Lipinski definition) is 3. The summed E-state index contributed by atoms with van der Waals surface area (Å²) in [5.41, 5.74) is 11.5. The second kappa shape index (κ2) is 14.4. The number of rotatable bonds is 7. The minimum atomic E-state index is 0.530. The molecule has 5 heterocycles. The van der Waals surface area contributed by atoms with Crippen LogP contribution in [-0.2, 0) is 0 Å². The van der Waals surface area contributed by atoms with Gasteiger partial charge in [0, 0.05) is 60.0 Å². The Morgan fingerprint density at radius 3 is 1.49 bits per heavy atom. The van der Waals surface area contributed by atoms with Gasteiger partial charge in [-0.1, -0.05) is 152 Å². The van der Waals surface area contributed by atoms with E-state index in [-0.39, 0.29) is 0 Å². The predicted molar refractivity (Wildman–Crippen MR) is 271 cm³/mol. The van der Waals surface area contributed by atoms with Crippen molar-refractivity contribution < 1.29 is 0 Å². The van der Waals surface area contributed by atoms with Crippen molar-refractivity contribution in [2.45, 2.75) is 6.92 Å². The van der Waals surface area contributed by atoms with Crippen LogP contribution in [0.25, 0.3) is 122 Å². The summed E-state index contributed by atoms with van der Waals surface area (Å²) < 4.78 is 9.20. The standard InChI is InChI=1S/C58H39N7/c1-3-5-22-38(4-2)62-48-31-18-14-27-44(48)52-50(62)35-33-42-40-25-12-16-29-46(40)64(54(42)52)57-59-56(37-20-8-6-9-21-37)60-58(61-57)65-47-30-17-13-26-41(47)43-34-36-51-53(55(43)65)45-28-15-19-32-49(45)63(51)39-23-10-7-11-24-39/h3-36H,2H2,1H3/b5-3-,38-22+. The largest absolute Gasteiger partial charge is 0.309 e. The third kappa shape index (κ3) is 5.33. The van der Waals surface area contributed by atoms with E-state index in [0.29, 0.717) is 17.7 Å². The lowest BCUT2D eigenvalue weighted by Gasteiger charge is -2.13. The van der Waals surface area contributed by atoms with Crippen molar-refractivity contribution in [3.63, 3.8) is 0 Å². The SMILES string of the molecule is C=C/C(=C\C=C/C)n1c2ccccc2c2c1ccc1c3ccccc3n(-c3nc(-c4ccccc4)nc(-n4c5ccccc5c5ccc6c(c7ccccc7n6-c6ccccc6)c54)n3)c12. The van der Waals surface area contributed by atoms with Gasteiger partial charge >= 0.3 is 0 Å². The summed E-state index contributed by atoms with van der Waals surface area (Å²) in [5, 5.41) is 9.01. The predicted octanol–water partition coefficient (Wildman–Crippen LogP) is 14.5. The van der Waals surface area contributed by atoms with Crippen molar-refractivity contribution in [1.29, 1.82) is 0 Å². The third-order valence-corrected chi connectivity index (χ3v) is 12.9. The summed E-state index contributed by atoms with van der Waals surface area (Å²) in [6.45, 7) is 6.29. The van der Waals surface area contributed by atoms with Gasteiger partial charge in [0.1, 0.15) is 0 Å². The normalized spacial score (nSPS) is 12.5. The first-order valence-corrected chi connectivity index (χ1v) is 22.0. The summed E-state index contributed by atoms with van der Waals surface area (Å²) in [6, 6.07) is 64.4. The minimum Gasteiger partial charge on any atom is -0.309 e. The van der Waals surface area contributed by atoms with Crippen LogP contribution in [0.15, 0.2) is 213 Å². The molecule has 0 unspecified atom stereocenters. The van der Waals surface area contributed by atoms with E-state index in [2.05, 4.69) is 201 Å². The van der Waals surface area contributed by atoms with Crippen LogP contribution in [0.3, 0.4) is 0 Å². The minimum absolute atomic E-state index is 0.530. The Balaban J connectivity index is 1.20. The van der Waals surface area contributed by atoms with E-state index in [9.17, 15) is 0 Å². The molecule has 8 aromatic carbocycles. The number of fused-ring (bicyclic) bond motifs is 14. The fourth-order valence-corrected chi connectivity index (χ4v) is 10.3. The molecule has 0 aliphatic rings. The molecule has 0 amide bonds. The van der Waals surface area contributed by atoms with Crippen LogP contribution in [0, 0.1) is 0 Å². The van der Waals surface area contributed by atoms with Crippen LogP contribution in [-0.4, -0.2) is 33.2 Å². The van der Waals surface area contributed by atoms with Crippen LogP contribution in [0.4, 0.5) is 0 Å². The summed E-state index contributed by atoms with van der Waals surface area (Å²) >= 11 is 0. The maximum Gasteiger partial charge on any atom is 0.240 e. The molecule has 0 saturated carbocycles. The molecule has 0 atom stereocenters. The molecule has 7 nitrogen and oxygen atoms in total. The van der Waals surface area contributed by atoms with Gasteiger partial charge in [-0.2, -0.15) is 15.0 Å². The summed E-state index contributed by atoms with van der Waals surface area (Å²) in [5.74, 6) is 1.65. The van der Waals surface area contributed by atoms with Crippen LogP contribution < -0.4 is 0 Å². The summed E-state index contributed by atoms with van der Waals surface area (Å²) in [6.07, 6.45) is 8.14. The monoisotopic (exact) mass is 833 g/mol. The van der Waals surface area contributed by atoms with Crippen molar-refractivity contribution in [2.75, 3.05) is 0 Å². The van der Waals surface area contributed by atoms with Crippen molar-refractivity contribution in [3.8, 4) is 29.0 Å². The highest BCUT2D eigenvalue weighted by atomic mass is 15.3. The Morgan fingerprint density at radius 2 is 0.908 bits per heavy atom. The molecule has 13 rings (SSSR count). The first kappa shape index (κ1) is 36.8. The van der Waals surface area contributed by atoms with Crippen LogP contribution in [0.2, 0.25) is 0 Å². The fourth-order valence-electron chi connectivity index (χ4n) is 10.3. The van der Waals surface area contributed by atoms with E-state index in [1.54, 1.807) is 0 Å². The Bertz CT molecular complexity index is 4140. The molecular formula is C58H39N7. The quantitative estimate of drug-likeness (QED) is 0.150. The van der Waals surface area contributed by atoms with Crippen molar-refractivity contribution in [2.24, 2.45) is 0 Å². The molecule has 7 heteroatoms. The first-order chi connectivity index (χ1) is 32.2. The number of allylic oxidation sites excluding steroid dienone is 5. The van der Waals surface area contributed by atoms with Crippen molar-refractivity contribution in [1.82, 2.24) is 33.2 Å². The molecule has 5 aromatic heterocycles. The van der Waals surface area contributed by atoms with Gasteiger partial charge in [-0.05, 0) is 67.6 Å². The van der Waals surface area contributed by atoms with E-state index in [0.717, 1.165) is 104 Å². The molecule has 0 N–H and O–H groups in total. The number of nitrogens with zero attached hydrogens (tertiary/aromatic N) is 7. The highest BCUT2D eigenvalue weighted by molar-refractivity contribution is 6.27. The average molecular weight is 834 g/mol. The van der Waals surface area contributed by atoms with Crippen molar-refractivity contribution >= 4 is 92.9 Å². The molecule has 0 bridgehead atoms. The van der Waals surface area contributed by atoms with Gasteiger partial charge < -0.3 is 9.13 Å². The van der Waals surface area contributed by atoms with E-state index < -0.39 is 0 Å². The van der Waals surface area contributed by atoms with Gasteiger partial charge in [0.15, 0.2) is 5.82 Å². The second-order valence-corrected chi connectivity index (χ2v) is 16.4. The molecule has 0 saturated heterocycles. The van der Waals surface area contributed by atoms with Gasteiger partial charge in [-0.25, -0.2) is 0 Å². The van der Waals surface area contributed by atoms with Crippen LogP contribution in [0.1, 0.15) is 6.92 Å². The molecule has 0 spiro atoms. The molecule has 0 fully saturated rings. The lowest BCUT2D eigenvalue weighted by Crippen LogP contribution is -2.10. The summed E-state index contributed by atoms with van der Waals surface area (Å²) in [7, 11) is 0. The number of hydrogen-bond donors (Lipinski definition) is 0. The Hall–Kier alpha value is -8.81. The first-order valence-electron chi connectivity index (χ1n) is 22.0. The van der Waals surface area contributed by atoms with E-state index in [1.807, 2.05) is 37.3 Å². The Morgan fingerprint density at radius 1 is 0.431 bits per heavy atom. The van der Waals surface area contributed by atoms with Gasteiger partial charge in [-0.3, -0.25) is 9.13 Å². The van der Waals surface area contributed by atoms with E-state index in [4.69, 9.17) is 15.0 Å². The zero-order valence-corrected chi connectivity index (χ0v) is 35.5. The van der Waals surface area contributed by atoms with Crippen molar-refractivity contribution in [3.05, 3.63) is 213 Å². The number of para-hydroxylation sites is 5. The molecule has 0 radical (unpaired) electrons. The molecule has 65 heavy (non-hydrogen) atoms. The van der Waals surface area contributed by atoms with E-state index in [1.165, 1.54) is 0 Å². The third-order valence-electron chi connectivity index (χ3n) is 12.9. The highest BCUT2D eigenvalue weighted by Crippen LogP contribution is 2.44. The highest BCUT2D eigenvalue weighted by Gasteiger charge is 2.26. The van der Waals surface area contributed by atoms with Gasteiger partial charge in [0.2, 0.25) is 11.9 Å². The number of benzene rings is 8. The molecule has 0 aliphatic heterocycles. The Labute approximate surface area is 373 Å². The molecular weight excluding hydrogens is 795 g/mol. The average Bonchev–Trinajstić information content (AvgIpc) is 4.10. The second-order valence-electron chi connectivity index (χ2n) is 16.4. The van der Waals surface area contributed by atoms with Gasteiger partial charge in [0.05, 0.1) is 44.1 Å². The summed E-state index contributed by atoms with van der Waals surface area (Å²) in [4.78, 5) is 16.5. The maximum atomic E-state index is 5.64. The molecule has 0 aliphatic carbocycles. The van der Waals surface area contributed by atoms with Crippen LogP contribution in [0.5, 0.6) is 0 Å². The zero-order chi connectivity index (χ0) is 43.2. The molecule has 306 valence electrons. The smallest absolute Gasteiger partial charge is 0.240 e.